The lowest BCUT2D eigenvalue weighted by Gasteiger charge is -2.09. The van der Waals surface area contributed by atoms with Gasteiger partial charge in [0.25, 0.3) is 0 Å². The Labute approximate surface area is 105 Å². The predicted molar refractivity (Wildman–Crippen MR) is 71.2 cm³/mol. The number of hydrogen-bond acceptors (Lipinski definition) is 3. The summed E-state index contributed by atoms with van der Waals surface area (Å²) >= 11 is 0. The highest BCUT2D eigenvalue weighted by atomic mass is 15.3. The Bertz CT molecular complexity index is 319. The molecule has 1 rings (SSSR count). The second-order valence-corrected chi connectivity index (χ2v) is 4.56. The molecule has 0 saturated carbocycles. The Morgan fingerprint density at radius 2 is 2.00 bits per heavy atom. The van der Waals surface area contributed by atoms with Crippen molar-refractivity contribution >= 4 is 0 Å². The van der Waals surface area contributed by atoms with E-state index in [1.165, 1.54) is 19.3 Å². The Morgan fingerprint density at radius 1 is 1.24 bits per heavy atom. The summed E-state index contributed by atoms with van der Waals surface area (Å²) in [6.45, 7) is 7.48. The molecule has 98 valence electrons. The molecular formula is C13H26N4. The topological polar surface area (TPSA) is 42.7 Å². The molecule has 0 aliphatic heterocycles. The molecule has 1 heterocycles. The first-order chi connectivity index (χ1) is 8.21. The second kappa shape index (κ2) is 7.43. The molecule has 0 bridgehead atoms. The molecular weight excluding hydrogens is 212 g/mol. The van der Waals surface area contributed by atoms with Crippen LogP contribution in [0.5, 0.6) is 0 Å². The smallest absolute Gasteiger partial charge is 0.150 e. The number of hydrogen-bond donors (Lipinski definition) is 1. The van der Waals surface area contributed by atoms with Crippen molar-refractivity contribution in [1.29, 1.82) is 0 Å². The molecule has 4 heteroatoms. The lowest BCUT2D eigenvalue weighted by atomic mass is 10.1. The van der Waals surface area contributed by atoms with Gasteiger partial charge in [0.15, 0.2) is 5.82 Å². The number of aromatic nitrogens is 3. The molecule has 0 radical (unpaired) electrons. The van der Waals surface area contributed by atoms with E-state index in [4.69, 9.17) is 0 Å². The number of rotatable bonds is 8. The van der Waals surface area contributed by atoms with Crippen molar-refractivity contribution in [3.63, 3.8) is 0 Å². The van der Waals surface area contributed by atoms with Gasteiger partial charge in [0.2, 0.25) is 0 Å². The minimum atomic E-state index is 0.614. The van der Waals surface area contributed by atoms with Crippen LogP contribution in [0.2, 0.25) is 0 Å². The van der Waals surface area contributed by atoms with Crippen LogP contribution in [0, 0.1) is 0 Å². The number of nitrogens with zero attached hydrogens (tertiary/aromatic N) is 3. The van der Waals surface area contributed by atoms with E-state index in [1.807, 2.05) is 7.05 Å². The third-order valence-corrected chi connectivity index (χ3v) is 3.17. The maximum Gasteiger partial charge on any atom is 0.150 e. The fourth-order valence-corrected chi connectivity index (χ4v) is 1.87. The summed E-state index contributed by atoms with van der Waals surface area (Å²) in [4.78, 5) is 4.52. The molecule has 17 heavy (non-hydrogen) atoms. The maximum absolute atomic E-state index is 4.53. The van der Waals surface area contributed by atoms with Crippen LogP contribution in [-0.4, -0.2) is 27.9 Å². The second-order valence-electron chi connectivity index (χ2n) is 4.56. The van der Waals surface area contributed by atoms with Crippen molar-refractivity contribution < 1.29 is 0 Å². The summed E-state index contributed by atoms with van der Waals surface area (Å²) in [6.07, 6.45) is 5.56. The molecule has 0 aliphatic rings. The van der Waals surface area contributed by atoms with E-state index in [1.54, 1.807) is 0 Å². The largest absolute Gasteiger partial charge is 0.317 e. The zero-order valence-corrected chi connectivity index (χ0v) is 11.7. The quantitative estimate of drug-likeness (QED) is 0.706. The highest BCUT2D eigenvalue weighted by Crippen LogP contribution is 2.06. The van der Waals surface area contributed by atoms with Crippen LogP contribution in [-0.2, 0) is 19.4 Å². The summed E-state index contributed by atoms with van der Waals surface area (Å²) in [5, 5.41) is 7.79. The van der Waals surface area contributed by atoms with Crippen molar-refractivity contribution in [3.05, 3.63) is 11.6 Å². The molecule has 0 aromatic carbocycles. The molecule has 0 spiro atoms. The fourth-order valence-electron chi connectivity index (χ4n) is 1.87. The van der Waals surface area contributed by atoms with Crippen LogP contribution < -0.4 is 5.32 Å². The van der Waals surface area contributed by atoms with Gasteiger partial charge in [-0.05, 0) is 26.8 Å². The van der Waals surface area contributed by atoms with Crippen molar-refractivity contribution in [2.75, 3.05) is 7.05 Å². The van der Waals surface area contributed by atoms with E-state index in [-0.39, 0.29) is 0 Å². The van der Waals surface area contributed by atoms with Crippen molar-refractivity contribution in [2.24, 2.45) is 0 Å². The maximum atomic E-state index is 4.53. The lowest BCUT2D eigenvalue weighted by molar-refractivity contribution is 0.481. The number of aryl methyl sites for hydroxylation is 3. The van der Waals surface area contributed by atoms with Crippen molar-refractivity contribution in [1.82, 2.24) is 20.1 Å². The van der Waals surface area contributed by atoms with Gasteiger partial charge in [-0.1, -0.05) is 20.3 Å². The minimum Gasteiger partial charge on any atom is -0.317 e. The first kappa shape index (κ1) is 14.2. The van der Waals surface area contributed by atoms with E-state index in [0.717, 1.165) is 31.0 Å². The Hall–Kier alpha value is -0.900. The van der Waals surface area contributed by atoms with Crippen LogP contribution in [0.4, 0.5) is 0 Å². The van der Waals surface area contributed by atoms with Crippen LogP contribution in [0.3, 0.4) is 0 Å². The number of nitrogens with one attached hydrogen (secondary N) is 1. The number of unbranched alkanes of at least 4 members (excludes halogenated alkanes) is 1. The van der Waals surface area contributed by atoms with Crippen LogP contribution >= 0.6 is 0 Å². The zero-order valence-electron chi connectivity index (χ0n) is 11.7. The summed E-state index contributed by atoms with van der Waals surface area (Å²) in [5.41, 5.74) is 0. The van der Waals surface area contributed by atoms with Gasteiger partial charge >= 0.3 is 0 Å². The van der Waals surface area contributed by atoms with Gasteiger partial charge in [-0.15, -0.1) is 0 Å². The molecule has 0 fully saturated rings. The van der Waals surface area contributed by atoms with Crippen LogP contribution in [0.1, 0.15) is 51.7 Å². The average Bonchev–Trinajstić information content (AvgIpc) is 2.76. The SMILES string of the molecule is CCc1nc(CC)n(CCCCC(C)NC)n1. The first-order valence-corrected chi connectivity index (χ1v) is 6.81. The van der Waals surface area contributed by atoms with Gasteiger partial charge in [0.05, 0.1) is 0 Å². The van der Waals surface area contributed by atoms with Gasteiger partial charge in [-0.2, -0.15) is 5.10 Å². The summed E-state index contributed by atoms with van der Waals surface area (Å²) in [7, 11) is 2.02. The van der Waals surface area contributed by atoms with Gasteiger partial charge in [-0.3, -0.25) is 0 Å². The highest BCUT2D eigenvalue weighted by molar-refractivity contribution is 4.92. The molecule has 0 saturated heterocycles. The average molecular weight is 238 g/mol. The Balaban J connectivity index is 2.37. The van der Waals surface area contributed by atoms with E-state index in [0.29, 0.717) is 6.04 Å². The summed E-state index contributed by atoms with van der Waals surface area (Å²) in [5.74, 6) is 2.11. The standard InChI is InChI=1S/C13H26N4/c1-5-12-15-13(6-2)17(16-12)10-8-7-9-11(3)14-4/h11,14H,5-10H2,1-4H3. The van der Waals surface area contributed by atoms with Gasteiger partial charge in [-0.25, -0.2) is 9.67 Å². The zero-order chi connectivity index (χ0) is 12.7. The minimum absolute atomic E-state index is 0.614. The van der Waals surface area contributed by atoms with Gasteiger partial charge in [0.1, 0.15) is 5.82 Å². The van der Waals surface area contributed by atoms with Crippen LogP contribution in [0.25, 0.3) is 0 Å². The van der Waals surface area contributed by atoms with Crippen LogP contribution in [0.15, 0.2) is 0 Å². The van der Waals surface area contributed by atoms with E-state index < -0.39 is 0 Å². The Kier molecular flexibility index (Phi) is 6.19. The van der Waals surface area contributed by atoms with Crippen molar-refractivity contribution in [2.45, 2.75) is 65.5 Å². The van der Waals surface area contributed by atoms with Gasteiger partial charge < -0.3 is 5.32 Å². The summed E-state index contributed by atoms with van der Waals surface area (Å²) in [6, 6.07) is 0.614. The normalized spacial score (nSPS) is 12.9. The Morgan fingerprint density at radius 3 is 2.59 bits per heavy atom. The molecule has 1 atom stereocenters. The monoisotopic (exact) mass is 238 g/mol. The summed E-state index contributed by atoms with van der Waals surface area (Å²) < 4.78 is 2.09. The predicted octanol–water partition coefficient (Wildman–Crippen LogP) is 2.18. The molecule has 0 amide bonds. The van der Waals surface area contributed by atoms with E-state index in [9.17, 15) is 0 Å². The molecule has 0 aliphatic carbocycles. The van der Waals surface area contributed by atoms with Crippen molar-refractivity contribution in [3.8, 4) is 0 Å². The fraction of sp³-hybridized carbons (Fsp3) is 0.846. The molecule has 4 nitrogen and oxygen atoms in total. The van der Waals surface area contributed by atoms with E-state index in [2.05, 4.69) is 40.9 Å². The third kappa shape index (κ3) is 4.46. The van der Waals surface area contributed by atoms with E-state index >= 15 is 0 Å². The first-order valence-electron chi connectivity index (χ1n) is 6.81. The third-order valence-electron chi connectivity index (χ3n) is 3.17. The highest BCUT2D eigenvalue weighted by Gasteiger charge is 2.06. The molecule has 1 aromatic heterocycles. The molecule has 1 aromatic rings. The molecule has 1 N–H and O–H groups in total. The lowest BCUT2D eigenvalue weighted by Crippen LogP contribution is -2.20. The van der Waals surface area contributed by atoms with Gasteiger partial charge in [0, 0.05) is 25.4 Å². The molecule has 1 unspecified atom stereocenters.